The van der Waals surface area contributed by atoms with Crippen molar-refractivity contribution in [2.45, 2.75) is 10.9 Å². The Morgan fingerprint density at radius 1 is 1.09 bits per heavy atom. The highest BCUT2D eigenvalue weighted by molar-refractivity contribution is 7.89. The van der Waals surface area contributed by atoms with Crippen molar-refractivity contribution in [2.75, 3.05) is 7.11 Å². The molecule has 0 aliphatic carbocycles. The zero-order valence-corrected chi connectivity index (χ0v) is 13.1. The normalized spacial score (nSPS) is 12.4. The third-order valence-electron chi connectivity index (χ3n) is 3.15. The molecule has 0 aromatic heterocycles. The molecule has 2 aromatic rings. The molecule has 3 N–H and O–H groups in total. The third-order valence-corrected chi connectivity index (χ3v) is 4.59. The van der Waals surface area contributed by atoms with Gasteiger partial charge < -0.3 is 4.74 Å². The van der Waals surface area contributed by atoms with Crippen LogP contribution in [0.5, 0.6) is 5.75 Å². The van der Waals surface area contributed by atoms with Gasteiger partial charge in [0.2, 0.25) is 10.0 Å². The first kappa shape index (κ1) is 16.9. The van der Waals surface area contributed by atoms with E-state index in [-0.39, 0.29) is 4.90 Å². The number of hydrogen-bond acceptors (Lipinski definition) is 5. The quantitative estimate of drug-likeness (QED) is 0.543. The van der Waals surface area contributed by atoms with Crippen LogP contribution < -0.4 is 14.9 Å². The predicted molar refractivity (Wildman–Crippen MR) is 82.4 cm³/mol. The van der Waals surface area contributed by atoms with Crippen molar-refractivity contribution in [3.8, 4) is 5.75 Å². The summed E-state index contributed by atoms with van der Waals surface area (Å²) in [6, 6.07) is 12.7. The number of methoxy groups -OCH3 is 1. The number of rotatable bonds is 6. The molecule has 0 aliphatic heterocycles. The minimum absolute atomic E-state index is 0.0232. The molecule has 8 heteroatoms. The molecule has 0 saturated carbocycles. The second-order valence-corrected chi connectivity index (χ2v) is 6.33. The molecule has 23 heavy (non-hydrogen) atoms. The number of sulfonamides is 1. The van der Waals surface area contributed by atoms with Crippen molar-refractivity contribution in [2.24, 2.45) is 0 Å². The highest BCUT2D eigenvalue weighted by Gasteiger charge is 2.27. The topological polar surface area (TPSA) is 105 Å². The van der Waals surface area contributed by atoms with Crippen molar-refractivity contribution >= 4 is 15.9 Å². The number of nitrogens with one attached hydrogen (secondary N) is 2. The van der Waals surface area contributed by atoms with E-state index in [9.17, 15) is 13.2 Å². The summed E-state index contributed by atoms with van der Waals surface area (Å²) in [7, 11) is -2.49. The third kappa shape index (κ3) is 4.07. The van der Waals surface area contributed by atoms with E-state index in [1.807, 2.05) is 0 Å². The summed E-state index contributed by atoms with van der Waals surface area (Å²) in [5.41, 5.74) is 1.87. The molecule has 2 aromatic carbocycles. The van der Waals surface area contributed by atoms with Gasteiger partial charge >= 0.3 is 0 Å². The van der Waals surface area contributed by atoms with Gasteiger partial charge in [0.1, 0.15) is 11.8 Å². The lowest BCUT2D eigenvalue weighted by Crippen LogP contribution is -2.39. The van der Waals surface area contributed by atoms with E-state index < -0.39 is 22.0 Å². The fourth-order valence-corrected chi connectivity index (χ4v) is 3.14. The van der Waals surface area contributed by atoms with Crippen LogP contribution in [0.3, 0.4) is 0 Å². The first-order chi connectivity index (χ1) is 11.0. The van der Waals surface area contributed by atoms with E-state index in [0.29, 0.717) is 11.3 Å². The molecule has 0 unspecified atom stereocenters. The molecular formula is C15H16N2O5S. The Hall–Kier alpha value is -2.42. The number of hydrogen-bond donors (Lipinski definition) is 3. The fraction of sp³-hybridized carbons (Fsp3) is 0.133. The molecular weight excluding hydrogens is 320 g/mol. The molecule has 0 radical (unpaired) electrons. The molecule has 0 heterocycles. The van der Waals surface area contributed by atoms with E-state index in [1.54, 1.807) is 30.3 Å². The maximum atomic E-state index is 12.4. The molecule has 0 aliphatic rings. The van der Waals surface area contributed by atoms with E-state index in [2.05, 4.69) is 4.72 Å². The van der Waals surface area contributed by atoms with Gasteiger partial charge in [-0.2, -0.15) is 4.72 Å². The lowest BCUT2D eigenvalue weighted by Gasteiger charge is -2.17. The van der Waals surface area contributed by atoms with Gasteiger partial charge in [-0.15, -0.1) is 0 Å². The highest BCUT2D eigenvalue weighted by atomic mass is 32.2. The van der Waals surface area contributed by atoms with Gasteiger partial charge in [-0.25, -0.2) is 13.9 Å². The highest BCUT2D eigenvalue weighted by Crippen LogP contribution is 2.19. The number of benzene rings is 2. The second-order valence-electron chi connectivity index (χ2n) is 4.62. The van der Waals surface area contributed by atoms with Gasteiger partial charge in [-0.05, 0) is 29.8 Å². The maximum Gasteiger partial charge on any atom is 0.266 e. The van der Waals surface area contributed by atoms with Crippen LogP contribution in [0.4, 0.5) is 0 Å². The lowest BCUT2D eigenvalue weighted by molar-refractivity contribution is -0.131. The average Bonchev–Trinajstić information content (AvgIpc) is 2.60. The molecule has 1 atom stereocenters. The SMILES string of the molecule is COc1ccc(S(=O)(=O)N[C@@H](C(=O)NO)c2ccccc2)cc1. The fourth-order valence-electron chi connectivity index (χ4n) is 1.96. The van der Waals surface area contributed by atoms with Crippen molar-refractivity contribution in [1.29, 1.82) is 0 Å². The Labute approximate surface area is 133 Å². The van der Waals surface area contributed by atoms with Crippen molar-refractivity contribution in [3.63, 3.8) is 0 Å². The van der Waals surface area contributed by atoms with Crippen LogP contribution in [-0.2, 0) is 14.8 Å². The lowest BCUT2D eigenvalue weighted by atomic mass is 10.1. The number of hydroxylamine groups is 1. The van der Waals surface area contributed by atoms with Gasteiger partial charge in [0.25, 0.3) is 5.91 Å². The summed E-state index contributed by atoms with van der Waals surface area (Å²) >= 11 is 0. The van der Waals surface area contributed by atoms with E-state index in [1.165, 1.54) is 36.9 Å². The van der Waals surface area contributed by atoms with E-state index in [4.69, 9.17) is 9.94 Å². The summed E-state index contributed by atoms with van der Waals surface area (Å²) in [5.74, 6) is -0.370. The Kier molecular flexibility index (Phi) is 5.32. The van der Waals surface area contributed by atoms with Crippen molar-refractivity contribution in [3.05, 3.63) is 60.2 Å². The van der Waals surface area contributed by atoms with Crippen molar-refractivity contribution in [1.82, 2.24) is 10.2 Å². The zero-order valence-electron chi connectivity index (χ0n) is 12.3. The molecule has 7 nitrogen and oxygen atoms in total. The second kappa shape index (κ2) is 7.23. The van der Waals surface area contributed by atoms with Crippen LogP contribution in [-0.4, -0.2) is 26.6 Å². The monoisotopic (exact) mass is 336 g/mol. The van der Waals surface area contributed by atoms with Crippen LogP contribution in [0.2, 0.25) is 0 Å². The van der Waals surface area contributed by atoms with Crippen LogP contribution in [0.15, 0.2) is 59.5 Å². The summed E-state index contributed by atoms with van der Waals surface area (Å²) < 4.78 is 32.1. The largest absolute Gasteiger partial charge is 0.497 e. The van der Waals surface area contributed by atoms with Gasteiger partial charge in [0, 0.05) is 0 Å². The average molecular weight is 336 g/mol. The van der Waals surface area contributed by atoms with Crippen molar-refractivity contribution < 1.29 is 23.2 Å². The smallest absolute Gasteiger partial charge is 0.266 e. The first-order valence-electron chi connectivity index (χ1n) is 6.63. The number of ether oxygens (including phenoxy) is 1. The van der Waals surface area contributed by atoms with E-state index in [0.717, 1.165) is 0 Å². The van der Waals surface area contributed by atoms with Gasteiger partial charge in [-0.1, -0.05) is 30.3 Å². The van der Waals surface area contributed by atoms with Crippen LogP contribution in [0.1, 0.15) is 11.6 Å². The Morgan fingerprint density at radius 2 is 1.70 bits per heavy atom. The zero-order chi connectivity index (χ0) is 16.9. The Morgan fingerprint density at radius 3 is 2.22 bits per heavy atom. The Balaban J connectivity index is 2.32. The first-order valence-corrected chi connectivity index (χ1v) is 8.11. The summed E-state index contributed by atoms with van der Waals surface area (Å²) in [5, 5.41) is 8.85. The molecule has 0 bridgehead atoms. The minimum atomic E-state index is -3.97. The molecule has 2 rings (SSSR count). The maximum absolute atomic E-state index is 12.4. The molecule has 0 saturated heterocycles. The molecule has 0 fully saturated rings. The number of amides is 1. The van der Waals surface area contributed by atoms with Crippen LogP contribution >= 0.6 is 0 Å². The Bertz CT molecular complexity index is 760. The standard InChI is InChI=1S/C15H16N2O5S/c1-22-12-7-9-13(10-8-12)23(20,21)17-14(15(18)16-19)11-5-3-2-4-6-11/h2-10,14,17,19H,1H3,(H,16,18)/t14-/m1/s1. The minimum Gasteiger partial charge on any atom is -0.497 e. The van der Waals surface area contributed by atoms with Gasteiger partial charge in [0.15, 0.2) is 0 Å². The van der Waals surface area contributed by atoms with Gasteiger partial charge in [0.05, 0.1) is 12.0 Å². The summed E-state index contributed by atoms with van der Waals surface area (Å²) in [6.45, 7) is 0. The molecule has 0 spiro atoms. The number of carbonyl (C=O) groups excluding carboxylic acids is 1. The number of carbonyl (C=O) groups is 1. The molecule has 122 valence electrons. The molecule has 1 amide bonds. The van der Waals surface area contributed by atoms with Crippen LogP contribution in [0.25, 0.3) is 0 Å². The summed E-state index contributed by atoms with van der Waals surface area (Å²) in [6.07, 6.45) is 0. The van der Waals surface area contributed by atoms with Crippen LogP contribution in [0, 0.1) is 0 Å². The summed E-state index contributed by atoms with van der Waals surface area (Å²) in [4.78, 5) is 11.8. The predicted octanol–water partition coefficient (Wildman–Crippen LogP) is 1.22. The van der Waals surface area contributed by atoms with Gasteiger partial charge in [-0.3, -0.25) is 10.0 Å². The van der Waals surface area contributed by atoms with E-state index >= 15 is 0 Å².